The van der Waals surface area contributed by atoms with Gasteiger partial charge in [-0.2, -0.15) is 0 Å². The Kier molecular flexibility index (Phi) is 4.28. The van der Waals surface area contributed by atoms with Crippen LogP contribution in [0.4, 0.5) is 0 Å². The average molecular weight is 238 g/mol. The highest BCUT2D eigenvalue weighted by atomic mass is 16.5. The molecular formula is C12H18N2O3. The zero-order chi connectivity index (χ0) is 12.1. The second kappa shape index (κ2) is 5.93. The van der Waals surface area contributed by atoms with Crippen LogP contribution < -0.4 is 0 Å². The first-order chi connectivity index (χ1) is 8.33. The fraction of sp³-hybridized carbons (Fsp3) is 0.667. The Labute approximate surface area is 101 Å². The number of aromatic nitrogens is 1. The van der Waals surface area contributed by atoms with Crippen LogP contribution >= 0.6 is 0 Å². The van der Waals surface area contributed by atoms with E-state index in [-0.39, 0.29) is 6.04 Å². The third kappa shape index (κ3) is 3.14. The summed E-state index contributed by atoms with van der Waals surface area (Å²) in [5.41, 5.74) is 0.866. The molecule has 1 fully saturated rings. The average Bonchev–Trinajstić information content (AvgIpc) is 2.78. The SMILES string of the molecule is COCc1cc(CN2CCCCC2C=O)no1. The van der Waals surface area contributed by atoms with Crippen molar-refractivity contribution in [2.45, 2.75) is 38.5 Å². The summed E-state index contributed by atoms with van der Waals surface area (Å²) >= 11 is 0. The lowest BCUT2D eigenvalue weighted by Crippen LogP contribution is -2.39. The number of likely N-dealkylation sites (tertiary alicyclic amines) is 1. The summed E-state index contributed by atoms with van der Waals surface area (Å²) in [6.45, 7) is 2.07. The summed E-state index contributed by atoms with van der Waals surface area (Å²) in [5, 5.41) is 3.99. The van der Waals surface area contributed by atoms with Crippen molar-refractivity contribution in [3.05, 3.63) is 17.5 Å². The molecule has 0 aliphatic carbocycles. The minimum Gasteiger partial charge on any atom is -0.377 e. The maximum atomic E-state index is 11.0. The van der Waals surface area contributed by atoms with Gasteiger partial charge in [-0.15, -0.1) is 0 Å². The molecule has 1 atom stereocenters. The van der Waals surface area contributed by atoms with Crippen molar-refractivity contribution in [2.24, 2.45) is 0 Å². The maximum absolute atomic E-state index is 11.0. The first kappa shape index (κ1) is 12.3. The first-order valence-electron chi connectivity index (χ1n) is 5.96. The molecule has 1 aliphatic heterocycles. The van der Waals surface area contributed by atoms with Crippen LogP contribution in [0, 0.1) is 0 Å². The molecule has 1 unspecified atom stereocenters. The second-order valence-corrected chi connectivity index (χ2v) is 4.39. The number of ether oxygens (including phenoxy) is 1. The summed E-state index contributed by atoms with van der Waals surface area (Å²) < 4.78 is 10.1. The molecule has 0 radical (unpaired) electrons. The molecule has 2 rings (SSSR count). The Balaban J connectivity index is 1.95. The molecule has 2 heterocycles. The van der Waals surface area contributed by atoms with E-state index in [1.807, 2.05) is 6.07 Å². The molecule has 17 heavy (non-hydrogen) atoms. The van der Waals surface area contributed by atoms with Gasteiger partial charge in [-0.1, -0.05) is 11.6 Å². The van der Waals surface area contributed by atoms with Crippen LogP contribution in [0.25, 0.3) is 0 Å². The number of piperidine rings is 1. The van der Waals surface area contributed by atoms with Gasteiger partial charge >= 0.3 is 0 Å². The highest BCUT2D eigenvalue weighted by Crippen LogP contribution is 2.18. The Bertz CT molecular complexity index is 364. The Morgan fingerprint density at radius 3 is 3.29 bits per heavy atom. The number of carbonyl (C=O) groups is 1. The Morgan fingerprint density at radius 1 is 1.65 bits per heavy atom. The third-order valence-corrected chi connectivity index (χ3v) is 3.08. The van der Waals surface area contributed by atoms with E-state index in [2.05, 4.69) is 10.1 Å². The molecule has 0 aromatic carbocycles. The van der Waals surface area contributed by atoms with Gasteiger partial charge in [0, 0.05) is 19.7 Å². The fourth-order valence-corrected chi connectivity index (χ4v) is 2.22. The van der Waals surface area contributed by atoms with Crippen molar-refractivity contribution in [3.8, 4) is 0 Å². The lowest BCUT2D eigenvalue weighted by molar-refractivity contribution is -0.113. The minimum atomic E-state index is 0.0336. The second-order valence-electron chi connectivity index (χ2n) is 4.39. The third-order valence-electron chi connectivity index (χ3n) is 3.08. The van der Waals surface area contributed by atoms with Gasteiger partial charge in [0.05, 0.1) is 11.7 Å². The molecule has 0 amide bonds. The molecule has 1 aliphatic rings. The highest BCUT2D eigenvalue weighted by Gasteiger charge is 2.22. The summed E-state index contributed by atoms with van der Waals surface area (Å²) in [5.74, 6) is 0.724. The Hall–Kier alpha value is -1.20. The number of hydrogen-bond acceptors (Lipinski definition) is 5. The van der Waals surface area contributed by atoms with Crippen LogP contribution in [0.5, 0.6) is 0 Å². The quantitative estimate of drug-likeness (QED) is 0.725. The van der Waals surface area contributed by atoms with Gasteiger partial charge in [0.1, 0.15) is 12.9 Å². The largest absolute Gasteiger partial charge is 0.377 e. The van der Waals surface area contributed by atoms with Crippen molar-refractivity contribution in [3.63, 3.8) is 0 Å². The van der Waals surface area contributed by atoms with Crippen molar-refractivity contribution >= 4 is 6.29 Å². The molecule has 1 saturated heterocycles. The number of hydrogen-bond donors (Lipinski definition) is 0. The van der Waals surface area contributed by atoms with Crippen molar-refractivity contribution in [1.82, 2.24) is 10.1 Å². The molecule has 0 N–H and O–H groups in total. The first-order valence-corrected chi connectivity index (χ1v) is 5.96. The zero-order valence-corrected chi connectivity index (χ0v) is 10.1. The predicted molar refractivity (Wildman–Crippen MR) is 61.3 cm³/mol. The van der Waals surface area contributed by atoms with Crippen LogP contribution in [-0.4, -0.2) is 36.0 Å². The van der Waals surface area contributed by atoms with Gasteiger partial charge < -0.3 is 14.1 Å². The zero-order valence-electron chi connectivity index (χ0n) is 10.1. The van der Waals surface area contributed by atoms with Gasteiger partial charge in [-0.25, -0.2) is 0 Å². The minimum absolute atomic E-state index is 0.0336. The number of methoxy groups -OCH3 is 1. The van der Waals surface area contributed by atoms with E-state index in [0.29, 0.717) is 13.2 Å². The van der Waals surface area contributed by atoms with E-state index in [9.17, 15) is 4.79 Å². The monoisotopic (exact) mass is 238 g/mol. The van der Waals surface area contributed by atoms with Gasteiger partial charge in [0.2, 0.25) is 0 Å². The molecule has 1 aromatic heterocycles. The van der Waals surface area contributed by atoms with Gasteiger partial charge in [0.15, 0.2) is 5.76 Å². The van der Waals surface area contributed by atoms with Gasteiger partial charge in [-0.05, 0) is 19.4 Å². The molecule has 0 saturated carbocycles. The lowest BCUT2D eigenvalue weighted by atomic mass is 10.0. The van der Waals surface area contributed by atoms with Crippen LogP contribution in [-0.2, 0) is 22.7 Å². The molecule has 94 valence electrons. The molecule has 0 spiro atoms. The number of aldehydes is 1. The van der Waals surface area contributed by atoms with E-state index in [1.54, 1.807) is 7.11 Å². The van der Waals surface area contributed by atoms with E-state index < -0.39 is 0 Å². The lowest BCUT2D eigenvalue weighted by Gasteiger charge is -2.31. The van der Waals surface area contributed by atoms with Crippen molar-refractivity contribution in [1.29, 1.82) is 0 Å². The molecule has 5 nitrogen and oxygen atoms in total. The van der Waals surface area contributed by atoms with Crippen LogP contribution in [0.15, 0.2) is 10.6 Å². The maximum Gasteiger partial charge on any atom is 0.162 e. The normalized spacial score (nSPS) is 21.6. The molecule has 5 heteroatoms. The standard InChI is InChI=1S/C12H18N2O3/c1-16-9-12-6-10(13-17-12)7-14-5-3-2-4-11(14)8-15/h6,8,11H,2-5,7,9H2,1H3. The highest BCUT2D eigenvalue weighted by molar-refractivity contribution is 5.57. The molecule has 1 aromatic rings. The predicted octanol–water partition coefficient (Wildman–Crippen LogP) is 1.37. The van der Waals surface area contributed by atoms with Gasteiger partial charge in [0.25, 0.3) is 0 Å². The summed E-state index contributed by atoms with van der Waals surface area (Å²) in [6.07, 6.45) is 4.27. The molecule has 0 bridgehead atoms. The van der Waals surface area contributed by atoms with E-state index in [4.69, 9.17) is 9.26 Å². The van der Waals surface area contributed by atoms with E-state index in [1.165, 1.54) is 0 Å². The van der Waals surface area contributed by atoms with E-state index >= 15 is 0 Å². The van der Waals surface area contributed by atoms with Gasteiger partial charge in [-0.3, -0.25) is 4.90 Å². The van der Waals surface area contributed by atoms with Crippen LogP contribution in [0.3, 0.4) is 0 Å². The summed E-state index contributed by atoms with van der Waals surface area (Å²) in [7, 11) is 1.62. The topological polar surface area (TPSA) is 55.6 Å². The van der Waals surface area contributed by atoms with E-state index in [0.717, 1.165) is 43.5 Å². The van der Waals surface area contributed by atoms with Crippen LogP contribution in [0.2, 0.25) is 0 Å². The van der Waals surface area contributed by atoms with Crippen molar-refractivity contribution in [2.75, 3.05) is 13.7 Å². The number of rotatable bonds is 5. The van der Waals surface area contributed by atoms with Crippen molar-refractivity contribution < 1.29 is 14.1 Å². The summed E-state index contributed by atoms with van der Waals surface area (Å²) in [4.78, 5) is 13.1. The number of nitrogens with zero attached hydrogens (tertiary/aromatic N) is 2. The Morgan fingerprint density at radius 2 is 2.53 bits per heavy atom. The summed E-state index contributed by atoms with van der Waals surface area (Å²) in [6, 6.07) is 1.92. The number of carbonyl (C=O) groups excluding carboxylic acids is 1. The molecular weight excluding hydrogens is 220 g/mol. The van der Waals surface area contributed by atoms with Crippen LogP contribution in [0.1, 0.15) is 30.7 Å². The fourth-order valence-electron chi connectivity index (χ4n) is 2.22. The smallest absolute Gasteiger partial charge is 0.162 e.